The molecule has 0 aliphatic heterocycles. The molecule has 0 saturated carbocycles. The maximum absolute atomic E-state index is 10.8. The van der Waals surface area contributed by atoms with Crippen LogP contribution in [-0.2, 0) is 6.54 Å². The molecule has 0 radical (unpaired) electrons. The largest absolute Gasteiger partial charge is 0.503 e. The van der Waals surface area contributed by atoms with E-state index >= 15 is 0 Å². The lowest BCUT2D eigenvalue weighted by Crippen LogP contribution is -2.08. The molecule has 3 nitrogen and oxygen atoms in total. The average molecular weight is 153 g/mol. The van der Waals surface area contributed by atoms with E-state index in [2.05, 4.69) is 0 Å². The molecular formula is C8H11NO2. The van der Waals surface area contributed by atoms with Crippen LogP contribution in [-0.4, -0.2) is 9.67 Å². The molecule has 1 aromatic heterocycles. The monoisotopic (exact) mass is 153 g/mol. The van der Waals surface area contributed by atoms with Crippen molar-refractivity contribution in [3.05, 3.63) is 28.2 Å². The Hall–Kier alpha value is -1.25. The molecule has 0 aliphatic carbocycles. The minimum absolute atomic E-state index is 0.144. The van der Waals surface area contributed by atoms with Gasteiger partial charge in [-0.3, -0.25) is 4.79 Å². The first kappa shape index (κ1) is 7.85. The second-order valence-corrected chi connectivity index (χ2v) is 2.40. The van der Waals surface area contributed by atoms with E-state index in [9.17, 15) is 9.90 Å². The quantitative estimate of drug-likeness (QED) is 0.650. The smallest absolute Gasteiger partial charge is 0.223 e. The molecule has 0 saturated heterocycles. The molecule has 1 heterocycles. The van der Waals surface area contributed by atoms with Gasteiger partial charge < -0.3 is 9.67 Å². The lowest BCUT2D eigenvalue weighted by molar-refractivity contribution is 0.454. The maximum atomic E-state index is 10.8. The van der Waals surface area contributed by atoms with Gasteiger partial charge in [0.2, 0.25) is 5.43 Å². The molecule has 0 bridgehead atoms. The Balaban J connectivity index is 3.37. The Morgan fingerprint density at radius 3 is 2.82 bits per heavy atom. The maximum Gasteiger partial charge on any atom is 0.223 e. The summed E-state index contributed by atoms with van der Waals surface area (Å²) in [5, 5.41) is 9.18. The fourth-order valence-corrected chi connectivity index (χ4v) is 1.01. The predicted octanol–water partition coefficient (Wildman–Crippen LogP) is 0.882. The molecule has 0 fully saturated rings. The Bertz CT molecular complexity index is 314. The molecule has 1 N–H and O–H groups in total. The highest BCUT2D eigenvalue weighted by molar-refractivity contribution is 5.24. The van der Waals surface area contributed by atoms with Crippen molar-refractivity contribution >= 4 is 0 Å². The second kappa shape index (κ2) is 2.78. The predicted molar refractivity (Wildman–Crippen MR) is 42.8 cm³/mol. The topological polar surface area (TPSA) is 42.2 Å². The number of hydrogen-bond donors (Lipinski definition) is 1. The number of aromatic hydroxyl groups is 1. The van der Waals surface area contributed by atoms with Gasteiger partial charge in [-0.25, -0.2) is 0 Å². The van der Waals surface area contributed by atoms with Crippen LogP contribution in [0.1, 0.15) is 12.6 Å². The minimum Gasteiger partial charge on any atom is -0.503 e. The van der Waals surface area contributed by atoms with E-state index in [1.54, 1.807) is 13.1 Å². The Kier molecular flexibility index (Phi) is 1.98. The van der Waals surface area contributed by atoms with Crippen LogP contribution in [0.4, 0.5) is 0 Å². The number of aryl methyl sites for hydroxylation is 1. The molecule has 0 aliphatic rings. The van der Waals surface area contributed by atoms with Gasteiger partial charge in [0.05, 0.1) is 5.69 Å². The third-order valence-corrected chi connectivity index (χ3v) is 1.75. The summed E-state index contributed by atoms with van der Waals surface area (Å²) in [6.45, 7) is 4.44. The Labute approximate surface area is 64.9 Å². The second-order valence-electron chi connectivity index (χ2n) is 2.40. The number of rotatable bonds is 1. The van der Waals surface area contributed by atoms with Gasteiger partial charge in [0, 0.05) is 18.8 Å². The average Bonchev–Trinajstić information content (AvgIpc) is 2.01. The standard InChI is InChI=1S/C8H11NO2/c1-3-9-5-4-7(10)8(11)6(9)2/h4-5,11H,3H2,1-2H3. The van der Waals surface area contributed by atoms with Crippen LogP contribution in [0.25, 0.3) is 0 Å². The zero-order valence-corrected chi connectivity index (χ0v) is 6.66. The summed E-state index contributed by atoms with van der Waals surface area (Å²) < 4.78 is 1.82. The van der Waals surface area contributed by atoms with Crippen LogP contribution in [0.2, 0.25) is 0 Å². The van der Waals surface area contributed by atoms with Gasteiger partial charge in [-0.1, -0.05) is 0 Å². The van der Waals surface area contributed by atoms with Crippen LogP contribution in [0.15, 0.2) is 17.1 Å². The highest BCUT2D eigenvalue weighted by Crippen LogP contribution is 2.07. The van der Waals surface area contributed by atoms with Crippen LogP contribution < -0.4 is 5.43 Å². The van der Waals surface area contributed by atoms with Crippen LogP contribution in [0.3, 0.4) is 0 Å². The SMILES string of the molecule is CCn1ccc(=O)c(O)c1C. The summed E-state index contributed by atoms with van der Waals surface area (Å²) in [4.78, 5) is 10.8. The molecule has 0 atom stereocenters. The highest BCUT2D eigenvalue weighted by Gasteiger charge is 2.02. The first-order valence-electron chi connectivity index (χ1n) is 3.55. The van der Waals surface area contributed by atoms with Crippen molar-refractivity contribution < 1.29 is 5.11 Å². The normalized spacial score (nSPS) is 10.0. The summed E-state index contributed by atoms with van der Waals surface area (Å²) >= 11 is 0. The van der Waals surface area contributed by atoms with Crippen molar-refractivity contribution in [2.75, 3.05) is 0 Å². The van der Waals surface area contributed by atoms with Crippen molar-refractivity contribution in [3.8, 4) is 5.75 Å². The summed E-state index contributed by atoms with van der Waals surface area (Å²) in [7, 11) is 0. The fraction of sp³-hybridized carbons (Fsp3) is 0.375. The van der Waals surface area contributed by atoms with E-state index in [0.717, 1.165) is 6.54 Å². The van der Waals surface area contributed by atoms with Gasteiger partial charge in [0.1, 0.15) is 0 Å². The molecule has 1 aromatic rings. The van der Waals surface area contributed by atoms with E-state index in [0.29, 0.717) is 5.69 Å². The van der Waals surface area contributed by atoms with E-state index in [4.69, 9.17) is 0 Å². The zero-order valence-electron chi connectivity index (χ0n) is 6.66. The fourth-order valence-electron chi connectivity index (χ4n) is 1.01. The molecule has 0 amide bonds. The van der Waals surface area contributed by atoms with Crippen molar-refractivity contribution in [1.29, 1.82) is 0 Å². The first-order valence-corrected chi connectivity index (χ1v) is 3.55. The minimum atomic E-state index is -0.313. The number of aromatic nitrogens is 1. The van der Waals surface area contributed by atoms with Gasteiger partial charge in [-0.15, -0.1) is 0 Å². The van der Waals surface area contributed by atoms with Gasteiger partial charge in [0.25, 0.3) is 0 Å². The Morgan fingerprint density at radius 2 is 2.27 bits per heavy atom. The van der Waals surface area contributed by atoms with Crippen molar-refractivity contribution in [2.24, 2.45) is 0 Å². The number of nitrogens with zero attached hydrogens (tertiary/aromatic N) is 1. The molecule has 60 valence electrons. The first-order chi connectivity index (χ1) is 5.16. The van der Waals surface area contributed by atoms with Crippen LogP contribution in [0, 0.1) is 6.92 Å². The van der Waals surface area contributed by atoms with Gasteiger partial charge in [0.15, 0.2) is 5.75 Å². The lowest BCUT2D eigenvalue weighted by Gasteiger charge is -2.07. The van der Waals surface area contributed by atoms with Crippen LogP contribution >= 0.6 is 0 Å². The van der Waals surface area contributed by atoms with E-state index in [-0.39, 0.29) is 11.2 Å². The van der Waals surface area contributed by atoms with Gasteiger partial charge in [-0.05, 0) is 13.8 Å². The van der Waals surface area contributed by atoms with E-state index in [1.807, 2.05) is 11.5 Å². The molecule has 3 heteroatoms. The summed E-state index contributed by atoms with van der Waals surface area (Å²) in [6.07, 6.45) is 1.68. The molecule has 0 unspecified atom stereocenters. The number of pyridine rings is 1. The summed E-state index contributed by atoms with van der Waals surface area (Å²) in [5.41, 5.74) is 0.312. The van der Waals surface area contributed by atoms with Crippen molar-refractivity contribution in [1.82, 2.24) is 4.57 Å². The van der Waals surface area contributed by atoms with Crippen molar-refractivity contribution in [3.63, 3.8) is 0 Å². The zero-order chi connectivity index (χ0) is 8.43. The third-order valence-electron chi connectivity index (χ3n) is 1.75. The van der Waals surface area contributed by atoms with E-state index in [1.165, 1.54) is 6.07 Å². The third kappa shape index (κ3) is 1.27. The van der Waals surface area contributed by atoms with E-state index < -0.39 is 0 Å². The van der Waals surface area contributed by atoms with Gasteiger partial charge in [-0.2, -0.15) is 0 Å². The summed E-state index contributed by atoms with van der Waals surface area (Å²) in [5.74, 6) is -0.144. The summed E-state index contributed by atoms with van der Waals surface area (Å²) in [6, 6.07) is 1.37. The molecule has 1 rings (SSSR count). The lowest BCUT2D eigenvalue weighted by atomic mass is 10.3. The molecule has 11 heavy (non-hydrogen) atoms. The number of hydrogen-bond acceptors (Lipinski definition) is 2. The molecular weight excluding hydrogens is 142 g/mol. The molecule has 0 spiro atoms. The highest BCUT2D eigenvalue weighted by atomic mass is 16.3. The molecule has 0 aromatic carbocycles. The Morgan fingerprint density at radius 1 is 1.64 bits per heavy atom. The van der Waals surface area contributed by atoms with Gasteiger partial charge >= 0.3 is 0 Å². The van der Waals surface area contributed by atoms with Crippen LogP contribution in [0.5, 0.6) is 5.75 Å². The van der Waals surface area contributed by atoms with Crippen molar-refractivity contribution in [2.45, 2.75) is 20.4 Å².